The molecule has 1 amide bonds. The third-order valence-corrected chi connectivity index (χ3v) is 3.84. The molecule has 0 saturated heterocycles. The summed E-state index contributed by atoms with van der Waals surface area (Å²) >= 11 is 0. The molecule has 0 radical (unpaired) electrons. The molecule has 0 unspecified atom stereocenters. The van der Waals surface area contributed by atoms with Crippen LogP contribution < -0.4 is 5.32 Å². The van der Waals surface area contributed by atoms with E-state index in [1.54, 1.807) is 10.7 Å². The van der Waals surface area contributed by atoms with Crippen LogP contribution in [0.1, 0.15) is 27.3 Å². The van der Waals surface area contributed by atoms with Gasteiger partial charge in [-0.3, -0.25) is 4.79 Å². The Morgan fingerprint density at radius 3 is 2.26 bits per heavy atom. The molecule has 3 rings (SSSR count). The number of aryl methyl sites for hydroxylation is 3. The van der Waals surface area contributed by atoms with Crippen LogP contribution in [0.3, 0.4) is 0 Å². The second-order valence-electron chi connectivity index (χ2n) is 5.64. The number of anilines is 1. The predicted molar refractivity (Wildman–Crippen MR) is 92.2 cm³/mol. The summed E-state index contributed by atoms with van der Waals surface area (Å²) in [4.78, 5) is 12.5. The molecule has 4 nitrogen and oxygen atoms in total. The highest BCUT2D eigenvalue weighted by molar-refractivity contribution is 6.03. The van der Waals surface area contributed by atoms with Gasteiger partial charge in [-0.15, -0.1) is 0 Å². The molecule has 0 aliphatic carbocycles. The van der Waals surface area contributed by atoms with Crippen molar-refractivity contribution in [2.45, 2.75) is 20.8 Å². The Bertz CT molecular complexity index is 830. The van der Waals surface area contributed by atoms with Crippen molar-refractivity contribution >= 4 is 11.6 Å². The zero-order valence-electron chi connectivity index (χ0n) is 13.5. The lowest BCUT2D eigenvalue weighted by atomic mass is 10.1. The average molecular weight is 305 g/mol. The summed E-state index contributed by atoms with van der Waals surface area (Å²) in [6.45, 7) is 5.91. The van der Waals surface area contributed by atoms with Gasteiger partial charge >= 0.3 is 0 Å². The zero-order valence-corrected chi connectivity index (χ0v) is 13.5. The van der Waals surface area contributed by atoms with Crippen LogP contribution in [0.25, 0.3) is 5.69 Å². The maximum Gasteiger partial charge on any atom is 0.276 e. The number of hydrogen-bond donors (Lipinski definition) is 1. The summed E-state index contributed by atoms with van der Waals surface area (Å²) in [5, 5.41) is 7.41. The quantitative estimate of drug-likeness (QED) is 0.793. The summed E-state index contributed by atoms with van der Waals surface area (Å²) in [7, 11) is 0. The highest BCUT2D eigenvalue weighted by atomic mass is 16.2. The first kappa shape index (κ1) is 15.0. The molecule has 3 aromatic rings. The van der Waals surface area contributed by atoms with E-state index >= 15 is 0 Å². The molecule has 0 atom stereocenters. The fourth-order valence-corrected chi connectivity index (χ4v) is 2.61. The Morgan fingerprint density at radius 2 is 1.61 bits per heavy atom. The van der Waals surface area contributed by atoms with E-state index in [-0.39, 0.29) is 5.91 Å². The maximum atomic E-state index is 12.5. The molecule has 1 N–H and O–H groups in total. The third-order valence-electron chi connectivity index (χ3n) is 3.84. The fraction of sp³-hybridized carbons (Fsp3) is 0.158. The molecule has 0 aliphatic rings. The van der Waals surface area contributed by atoms with E-state index in [2.05, 4.69) is 10.4 Å². The number of aromatic nitrogens is 2. The van der Waals surface area contributed by atoms with Crippen LogP contribution in [0.5, 0.6) is 0 Å². The van der Waals surface area contributed by atoms with Gasteiger partial charge in [-0.05, 0) is 50.1 Å². The topological polar surface area (TPSA) is 46.9 Å². The zero-order chi connectivity index (χ0) is 16.4. The first-order valence-electron chi connectivity index (χ1n) is 7.56. The van der Waals surface area contributed by atoms with E-state index in [1.807, 2.05) is 69.3 Å². The van der Waals surface area contributed by atoms with Gasteiger partial charge in [-0.2, -0.15) is 5.10 Å². The summed E-state index contributed by atoms with van der Waals surface area (Å²) < 4.78 is 1.78. The van der Waals surface area contributed by atoms with E-state index in [4.69, 9.17) is 0 Å². The minimum atomic E-state index is -0.194. The smallest absolute Gasteiger partial charge is 0.276 e. The number of nitrogens with one attached hydrogen (secondary N) is 1. The third kappa shape index (κ3) is 3.01. The van der Waals surface area contributed by atoms with Crippen LogP contribution in [-0.2, 0) is 0 Å². The summed E-state index contributed by atoms with van der Waals surface area (Å²) in [5.41, 5.74) is 5.20. The molecule has 0 saturated carbocycles. The van der Waals surface area contributed by atoms with E-state index in [0.717, 1.165) is 28.2 Å². The lowest BCUT2D eigenvalue weighted by Gasteiger charge is -2.10. The molecular formula is C19H19N3O. The number of rotatable bonds is 3. The number of carbonyl (C=O) groups excluding carboxylic acids is 1. The van der Waals surface area contributed by atoms with Crippen LogP contribution in [0.4, 0.5) is 5.69 Å². The average Bonchev–Trinajstić information content (AvgIpc) is 2.94. The van der Waals surface area contributed by atoms with Crippen molar-refractivity contribution in [3.8, 4) is 5.69 Å². The number of hydrogen-bond acceptors (Lipinski definition) is 2. The lowest BCUT2D eigenvalue weighted by molar-refractivity contribution is 0.102. The second-order valence-corrected chi connectivity index (χ2v) is 5.64. The Balaban J connectivity index is 1.90. The number of amides is 1. The van der Waals surface area contributed by atoms with Crippen molar-refractivity contribution in [1.29, 1.82) is 0 Å². The molecule has 0 aliphatic heterocycles. The second kappa shape index (κ2) is 6.08. The molecular weight excluding hydrogens is 286 g/mol. The maximum absolute atomic E-state index is 12.5. The molecule has 116 valence electrons. The minimum absolute atomic E-state index is 0.194. The van der Waals surface area contributed by atoms with Gasteiger partial charge < -0.3 is 5.32 Å². The number of para-hydroxylation sites is 2. The molecule has 4 heteroatoms. The van der Waals surface area contributed by atoms with E-state index < -0.39 is 0 Å². The number of carbonyl (C=O) groups is 1. The number of nitrogens with zero attached hydrogens (tertiary/aromatic N) is 2. The lowest BCUT2D eigenvalue weighted by Crippen LogP contribution is -2.14. The van der Waals surface area contributed by atoms with E-state index in [9.17, 15) is 4.79 Å². The number of benzene rings is 2. The SMILES string of the molecule is Cc1cccc(C)c1NC(=O)c1cc(C)n(-c2ccccc2)n1. The Hall–Kier alpha value is -2.88. The van der Waals surface area contributed by atoms with Crippen molar-refractivity contribution < 1.29 is 4.79 Å². The molecule has 1 heterocycles. The summed E-state index contributed by atoms with van der Waals surface area (Å²) in [6.07, 6.45) is 0. The molecule has 1 aromatic heterocycles. The monoisotopic (exact) mass is 305 g/mol. The molecule has 2 aromatic carbocycles. The first-order chi connectivity index (χ1) is 11.1. The van der Waals surface area contributed by atoms with Crippen molar-refractivity contribution in [3.05, 3.63) is 77.1 Å². The van der Waals surface area contributed by atoms with Gasteiger partial charge in [0.2, 0.25) is 0 Å². The Labute approximate surface area is 135 Å². The standard InChI is InChI=1S/C19H19N3O/c1-13-8-7-9-14(2)18(13)20-19(23)17-12-15(3)22(21-17)16-10-5-4-6-11-16/h4-12H,1-3H3,(H,20,23). The summed E-state index contributed by atoms with van der Waals surface area (Å²) in [5.74, 6) is -0.194. The minimum Gasteiger partial charge on any atom is -0.320 e. The van der Waals surface area contributed by atoms with Gasteiger partial charge in [-0.1, -0.05) is 36.4 Å². The molecule has 23 heavy (non-hydrogen) atoms. The normalized spacial score (nSPS) is 10.6. The van der Waals surface area contributed by atoms with Gasteiger partial charge in [0, 0.05) is 11.4 Å². The molecule has 0 spiro atoms. The fourth-order valence-electron chi connectivity index (χ4n) is 2.61. The molecule has 0 fully saturated rings. The van der Waals surface area contributed by atoms with E-state index in [0.29, 0.717) is 5.69 Å². The Kier molecular flexibility index (Phi) is 3.98. The van der Waals surface area contributed by atoms with Crippen LogP contribution in [0.2, 0.25) is 0 Å². The van der Waals surface area contributed by atoms with Crippen molar-refractivity contribution in [2.75, 3.05) is 5.32 Å². The van der Waals surface area contributed by atoms with Crippen LogP contribution in [0.15, 0.2) is 54.6 Å². The predicted octanol–water partition coefficient (Wildman–Crippen LogP) is 4.05. The van der Waals surface area contributed by atoms with Gasteiger partial charge in [-0.25, -0.2) is 4.68 Å². The highest BCUT2D eigenvalue weighted by Gasteiger charge is 2.15. The summed E-state index contributed by atoms with van der Waals surface area (Å²) in [6, 6.07) is 17.5. The van der Waals surface area contributed by atoms with Crippen LogP contribution in [0, 0.1) is 20.8 Å². The van der Waals surface area contributed by atoms with Gasteiger partial charge in [0.25, 0.3) is 5.91 Å². The van der Waals surface area contributed by atoms with Gasteiger partial charge in [0.1, 0.15) is 0 Å². The highest BCUT2D eigenvalue weighted by Crippen LogP contribution is 2.20. The van der Waals surface area contributed by atoms with Crippen LogP contribution >= 0.6 is 0 Å². The van der Waals surface area contributed by atoms with Crippen LogP contribution in [-0.4, -0.2) is 15.7 Å². The largest absolute Gasteiger partial charge is 0.320 e. The van der Waals surface area contributed by atoms with Gasteiger partial charge in [0.15, 0.2) is 5.69 Å². The van der Waals surface area contributed by atoms with Crippen molar-refractivity contribution in [1.82, 2.24) is 9.78 Å². The first-order valence-corrected chi connectivity index (χ1v) is 7.56. The van der Waals surface area contributed by atoms with Crippen molar-refractivity contribution in [2.24, 2.45) is 0 Å². The van der Waals surface area contributed by atoms with Gasteiger partial charge in [0.05, 0.1) is 5.69 Å². The van der Waals surface area contributed by atoms with E-state index in [1.165, 1.54) is 0 Å². The van der Waals surface area contributed by atoms with Crippen molar-refractivity contribution in [3.63, 3.8) is 0 Å². The Morgan fingerprint density at radius 1 is 0.957 bits per heavy atom. The molecule has 0 bridgehead atoms.